The first-order chi connectivity index (χ1) is 11.8. The van der Waals surface area contributed by atoms with E-state index in [0.717, 1.165) is 55.3 Å². The van der Waals surface area contributed by atoms with E-state index in [1.54, 1.807) is 13.3 Å². The minimum absolute atomic E-state index is 0.271. The number of nitrogens with zero attached hydrogens (tertiary/aromatic N) is 3. The van der Waals surface area contributed by atoms with E-state index in [9.17, 15) is 0 Å². The smallest absolute Gasteiger partial charge is 0.221 e. The van der Waals surface area contributed by atoms with Gasteiger partial charge < -0.3 is 15.8 Å². The molecule has 24 heavy (non-hydrogen) atoms. The molecule has 1 aliphatic heterocycles. The Balaban J connectivity index is 1.68. The van der Waals surface area contributed by atoms with Crippen molar-refractivity contribution in [3.8, 4) is 16.9 Å². The molecule has 3 rings (SSSR count). The Labute approximate surface area is 142 Å². The molecule has 0 saturated heterocycles. The maximum atomic E-state index is 5.76. The third-order valence-electron chi connectivity index (χ3n) is 4.03. The first-order valence-electron chi connectivity index (χ1n) is 8.14. The molecule has 2 aromatic rings. The van der Waals surface area contributed by atoms with E-state index in [4.69, 9.17) is 10.5 Å². The third kappa shape index (κ3) is 4.02. The molecular formula is C18H23N5O. The van der Waals surface area contributed by atoms with Crippen LogP contribution in [0.1, 0.15) is 6.42 Å². The Morgan fingerprint density at radius 1 is 1.29 bits per heavy atom. The lowest BCUT2D eigenvalue weighted by Gasteiger charge is -2.16. The summed E-state index contributed by atoms with van der Waals surface area (Å²) in [6.45, 7) is 4.00. The number of benzene rings is 1. The molecule has 0 fully saturated rings. The molecule has 0 bridgehead atoms. The van der Waals surface area contributed by atoms with Crippen molar-refractivity contribution in [1.29, 1.82) is 0 Å². The Bertz CT molecular complexity index is 708. The highest BCUT2D eigenvalue weighted by Crippen LogP contribution is 2.28. The van der Waals surface area contributed by atoms with Gasteiger partial charge in [0.05, 0.1) is 7.11 Å². The van der Waals surface area contributed by atoms with Crippen molar-refractivity contribution >= 4 is 11.8 Å². The zero-order valence-corrected chi connectivity index (χ0v) is 13.9. The molecule has 1 aliphatic rings. The number of hydrogen-bond donors (Lipinski definition) is 2. The van der Waals surface area contributed by atoms with Gasteiger partial charge in [-0.1, -0.05) is 24.3 Å². The van der Waals surface area contributed by atoms with Crippen molar-refractivity contribution < 1.29 is 4.74 Å². The number of rotatable bonds is 7. The summed E-state index contributed by atoms with van der Waals surface area (Å²) in [7, 11) is 1.66. The second kappa shape index (κ2) is 7.79. The fourth-order valence-electron chi connectivity index (χ4n) is 2.75. The largest absolute Gasteiger partial charge is 0.497 e. The van der Waals surface area contributed by atoms with Crippen LogP contribution in [0, 0.1) is 0 Å². The third-order valence-corrected chi connectivity index (χ3v) is 4.03. The van der Waals surface area contributed by atoms with Crippen LogP contribution < -0.4 is 15.8 Å². The lowest BCUT2D eigenvalue weighted by Crippen LogP contribution is -2.23. The lowest BCUT2D eigenvalue weighted by atomic mass is 10.1. The normalized spacial score (nSPS) is 14.0. The number of nitrogens with two attached hydrogens (primary N) is 1. The molecule has 0 radical (unpaired) electrons. The SMILES string of the molecule is COc1cccc(-c2cnc(N)nc2NCCCN2CC=CC2)c1. The molecule has 2 heterocycles. The molecule has 0 saturated carbocycles. The molecule has 1 aromatic heterocycles. The van der Waals surface area contributed by atoms with Gasteiger partial charge in [0.1, 0.15) is 11.6 Å². The molecule has 6 heteroatoms. The Kier molecular flexibility index (Phi) is 5.28. The van der Waals surface area contributed by atoms with E-state index in [2.05, 4.69) is 32.3 Å². The highest BCUT2D eigenvalue weighted by molar-refractivity contribution is 5.75. The summed E-state index contributed by atoms with van der Waals surface area (Å²) in [6.07, 6.45) is 7.21. The number of hydrogen-bond acceptors (Lipinski definition) is 6. The summed E-state index contributed by atoms with van der Waals surface area (Å²) in [5.74, 6) is 1.83. The van der Waals surface area contributed by atoms with Gasteiger partial charge in [-0.3, -0.25) is 4.90 Å². The van der Waals surface area contributed by atoms with Gasteiger partial charge in [0.15, 0.2) is 0 Å². The van der Waals surface area contributed by atoms with Crippen LogP contribution in [-0.4, -0.2) is 48.2 Å². The van der Waals surface area contributed by atoms with E-state index in [0.29, 0.717) is 0 Å². The van der Waals surface area contributed by atoms with Crippen molar-refractivity contribution in [2.45, 2.75) is 6.42 Å². The van der Waals surface area contributed by atoms with Crippen molar-refractivity contribution in [1.82, 2.24) is 14.9 Å². The van der Waals surface area contributed by atoms with E-state index >= 15 is 0 Å². The highest BCUT2D eigenvalue weighted by Gasteiger charge is 2.10. The van der Waals surface area contributed by atoms with E-state index in [1.807, 2.05) is 24.3 Å². The second-order valence-electron chi connectivity index (χ2n) is 5.73. The summed E-state index contributed by atoms with van der Waals surface area (Å²) in [5.41, 5.74) is 7.68. The fourth-order valence-corrected chi connectivity index (χ4v) is 2.75. The predicted octanol–water partition coefficient (Wildman–Crippen LogP) is 2.41. The summed E-state index contributed by atoms with van der Waals surface area (Å²) >= 11 is 0. The number of aromatic nitrogens is 2. The van der Waals surface area contributed by atoms with E-state index in [-0.39, 0.29) is 5.95 Å². The fraction of sp³-hybridized carbons (Fsp3) is 0.333. The molecule has 0 atom stereocenters. The van der Waals surface area contributed by atoms with E-state index < -0.39 is 0 Å². The molecular weight excluding hydrogens is 302 g/mol. The van der Waals surface area contributed by atoms with Crippen LogP contribution in [0.15, 0.2) is 42.6 Å². The zero-order valence-electron chi connectivity index (χ0n) is 13.9. The van der Waals surface area contributed by atoms with Crippen LogP contribution in [0.2, 0.25) is 0 Å². The van der Waals surface area contributed by atoms with Gasteiger partial charge in [-0.05, 0) is 24.1 Å². The van der Waals surface area contributed by atoms with Crippen LogP contribution >= 0.6 is 0 Å². The minimum atomic E-state index is 0.271. The highest BCUT2D eigenvalue weighted by atomic mass is 16.5. The van der Waals surface area contributed by atoms with Crippen LogP contribution in [0.5, 0.6) is 5.75 Å². The number of anilines is 2. The number of nitrogens with one attached hydrogen (secondary N) is 1. The van der Waals surface area contributed by atoms with Crippen molar-refractivity contribution in [3.05, 3.63) is 42.6 Å². The maximum Gasteiger partial charge on any atom is 0.221 e. The van der Waals surface area contributed by atoms with Crippen LogP contribution in [-0.2, 0) is 0 Å². The molecule has 0 unspecified atom stereocenters. The first-order valence-corrected chi connectivity index (χ1v) is 8.14. The number of nitrogen functional groups attached to an aromatic ring is 1. The van der Waals surface area contributed by atoms with Gasteiger partial charge >= 0.3 is 0 Å². The van der Waals surface area contributed by atoms with Crippen LogP contribution in [0.4, 0.5) is 11.8 Å². The molecule has 0 aliphatic carbocycles. The first kappa shape index (κ1) is 16.3. The van der Waals surface area contributed by atoms with Gasteiger partial charge in [0.2, 0.25) is 5.95 Å². The summed E-state index contributed by atoms with van der Waals surface area (Å²) in [5, 5.41) is 3.40. The van der Waals surface area contributed by atoms with Crippen molar-refractivity contribution in [2.75, 3.05) is 44.3 Å². The van der Waals surface area contributed by atoms with Crippen LogP contribution in [0.25, 0.3) is 11.1 Å². The number of ether oxygens (including phenoxy) is 1. The van der Waals surface area contributed by atoms with Gasteiger partial charge in [0.25, 0.3) is 0 Å². The predicted molar refractivity (Wildman–Crippen MR) is 97.1 cm³/mol. The van der Waals surface area contributed by atoms with Gasteiger partial charge in [-0.2, -0.15) is 4.98 Å². The molecule has 0 amide bonds. The topological polar surface area (TPSA) is 76.3 Å². The van der Waals surface area contributed by atoms with Gasteiger partial charge in [0, 0.05) is 37.9 Å². The summed E-state index contributed by atoms with van der Waals surface area (Å²) in [4.78, 5) is 10.9. The quantitative estimate of drug-likeness (QED) is 0.601. The van der Waals surface area contributed by atoms with E-state index in [1.165, 1.54) is 0 Å². The second-order valence-corrected chi connectivity index (χ2v) is 5.73. The molecule has 6 nitrogen and oxygen atoms in total. The summed E-state index contributed by atoms with van der Waals surface area (Å²) in [6, 6.07) is 7.85. The average molecular weight is 325 g/mol. The summed E-state index contributed by atoms with van der Waals surface area (Å²) < 4.78 is 5.30. The monoisotopic (exact) mass is 325 g/mol. The minimum Gasteiger partial charge on any atom is -0.497 e. The average Bonchev–Trinajstić information content (AvgIpc) is 3.12. The Morgan fingerprint density at radius 3 is 2.92 bits per heavy atom. The lowest BCUT2D eigenvalue weighted by molar-refractivity contribution is 0.351. The zero-order chi connectivity index (χ0) is 16.8. The van der Waals surface area contributed by atoms with Crippen LogP contribution in [0.3, 0.4) is 0 Å². The van der Waals surface area contributed by atoms with Crippen molar-refractivity contribution in [2.24, 2.45) is 0 Å². The molecule has 3 N–H and O–H groups in total. The molecule has 1 aromatic carbocycles. The standard InChI is InChI=1S/C18H23N5O/c1-24-15-7-4-6-14(12-15)16-13-21-18(19)22-17(16)20-8-5-11-23-9-2-3-10-23/h2-4,6-7,12-13H,5,8-11H2,1H3,(H3,19,20,21,22). The molecule has 126 valence electrons. The molecule has 0 spiro atoms. The Hall–Kier alpha value is -2.60. The van der Waals surface area contributed by atoms with Gasteiger partial charge in [-0.25, -0.2) is 4.98 Å². The Morgan fingerprint density at radius 2 is 2.12 bits per heavy atom. The van der Waals surface area contributed by atoms with Crippen molar-refractivity contribution in [3.63, 3.8) is 0 Å². The van der Waals surface area contributed by atoms with Gasteiger partial charge in [-0.15, -0.1) is 0 Å². The maximum absolute atomic E-state index is 5.76. The number of methoxy groups -OCH3 is 1.